The van der Waals surface area contributed by atoms with Gasteiger partial charge in [-0.25, -0.2) is 0 Å². The number of Topliss-reactive ketones (excluding diaryl/α,β-unsaturated/α-hetero) is 1. The van der Waals surface area contributed by atoms with Gasteiger partial charge < -0.3 is 14.4 Å². The number of ether oxygens (including phenoxy) is 2. The number of unbranched alkanes of at least 4 members (excludes halogenated alkanes) is 2. The highest BCUT2D eigenvalue weighted by Crippen LogP contribution is 2.19. The molecule has 2 heterocycles. The Morgan fingerprint density at radius 2 is 2.12 bits per heavy atom. The molecule has 32 heavy (non-hydrogen) atoms. The highest BCUT2D eigenvalue weighted by atomic mass is 16.5. The lowest BCUT2D eigenvalue weighted by Crippen LogP contribution is -2.47. The van der Waals surface area contributed by atoms with E-state index in [1.807, 2.05) is 13.0 Å². The number of aromatic nitrogens is 1. The molecule has 1 aromatic heterocycles. The molecule has 0 radical (unpaired) electrons. The second kappa shape index (κ2) is 11.4. The van der Waals surface area contributed by atoms with Gasteiger partial charge in [-0.05, 0) is 50.1 Å². The fourth-order valence-electron chi connectivity index (χ4n) is 3.55. The van der Waals surface area contributed by atoms with E-state index in [9.17, 15) is 9.59 Å². The van der Waals surface area contributed by atoms with Crippen LogP contribution >= 0.6 is 0 Å². The van der Waals surface area contributed by atoms with Gasteiger partial charge in [-0.1, -0.05) is 25.2 Å². The van der Waals surface area contributed by atoms with E-state index < -0.39 is 0 Å². The summed E-state index contributed by atoms with van der Waals surface area (Å²) in [5.41, 5.74) is 2.85. The molecule has 6 heteroatoms. The van der Waals surface area contributed by atoms with Crippen LogP contribution in [0.2, 0.25) is 0 Å². The Balaban J connectivity index is 1.58. The van der Waals surface area contributed by atoms with Gasteiger partial charge >= 0.3 is 0 Å². The van der Waals surface area contributed by atoms with Gasteiger partial charge in [0.15, 0.2) is 5.78 Å². The summed E-state index contributed by atoms with van der Waals surface area (Å²) in [6.07, 6.45) is 6.06. The van der Waals surface area contributed by atoms with E-state index in [-0.39, 0.29) is 17.8 Å². The molecule has 1 atom stereocenters. The number of morpholine rings is 1. The molecule has 0 N–H and O–H groups in total. The van der Waals surface area contributed by atoms with Gasteiger partial charge in [0.25, 0.3) is 5.91 Å². The summed E-state index contributed by atoms with van der Waals surface area (Å²) in [7, 11) is 0. The number of nitrogens with zero attached hydrogens (tertiary/aromatic N) is 2. The van der Waals surface area contributed by atoms with E-state index in [2.05, 4.69) is 23.7 Å². The minimum atomic E-state index is -0.231. The Kier molecular flexibility index (Phi) is 8.41. The lowest BCUT2D eigenvalue weighted by molar-refractivity contribution is -0.0401. The SMILES string of the molecule is CCCCC#Cc1cncc(C(=O)N2CCOC(COc3ccc(C(C)=O)c(C)c3)C2)c1. The van der Waals surface area contributed by atoms with Gasteiger partial charge in [0, 0.05) is 36.5 Å². The van der Waals surface area contributed by atoms with Gasteiger partial charge in [0.2, 0.25) is 0 Å². The molecule has 1 aliphatic heterocycles. The monoisotopic (exact) mass is 434 g/mol. The lowest BCUT2D eigenvalue weighted by Gasteiger charge is -2.32. The lowest BCUT2D eigenvalue weighted by atomic mass is 10.1. The smallest absolute Gasteiger partial charge is 0.255 e. The molecule has 2 aromatic rings. The van der Waals surface area contributed by atoms with Crippen molar-refractivity contribution in [3.05, 3.63) is 58.9 Å². The Labute approximate surface area is 189 Å². The molecular weight excluding hydrogens is 404 g/mol. The predicted octanol–water partition coefficient (Wildman–Crippen LogP) is 4.05. The zero-order chi connectivity index (χ0) is 22.9. The molecular formula is C26H30N2O4. The van der Waals surface area contributed by atoms with Crippen LogP contribution in [0.1, 0.15) is 65.0 Å². The third-order valence-corrected chi connectivity index (χ3v) is 5.31. The molecule has 1 amide bonds. The van der Waals surface area contributed by atoms with E-state index in [4.69, 9.17) is 9.47 Å². The molecule has 0 aliphatic carbocycles. The van der Waals surface area contributed by atoms with Crippen LogP contribution < -0.4 is 4.74 Å². The first kappa shape index (κ1) is 23.5. The van der Waals surface area contributed by atoms with Gasteiger partial charge in [-0.2, -0.15) is 0 Å². The first-order valence-electron chi connectivity index (χ1n) is 11.1. The predicted molar refractivity (Wildman–Crippen MR) is 123 cm³/mol. The number of pyridine rings is 1. The van der Waals surface area contributed by atoms with Crippen LogP contribution in [0.5, 0.6) is 5.75 Å². The number of carbonyl (C=O) groups excluding carboxylic acids is 2. The molecule has 0 spiro atoms. The molecule has 0 bridgehead atoms. The van der Waals surface area contributed by atoms with Gasteiger partial charge in [0.1, 0.15) is 18.5 Å². The van der Waals surface area contributed by atoms with Crippen molar-refractivity contribution in [1.29, 1.82) is 0 Å². The van der Waals surface area contributed by atoms with Gasteiger partial charge in [-0.15, -0.1) is 0 Å². The number of benzene rings is 1. The van der Waals surface area contributed by atoms with Crippen LogP contribution in [-0.4, -0.2) is 54.0 Å². The average molecular weight is 435 g/mol. The fraction of sp³-hybridized carbons (Fsp3) is 0.423. The highest BCUT2D eigenvalue weighted by Gasteiger charge is 2.26. The number of aryl methyl sites for hydroxylation is 1. The molecule has 1 unspecified atom stereocenters. The van der Waals surface area contributed by atoms with Crippen molar-refractivity contribution in [1.82, 2.24) is 9.88 Å². The summed E-state index contributed by atoms with van der Waals surface area (Å²) in [6, 6.07) is 7.21. The number of ketones is 1. The minimum Gasteiger partial charge on any atom is -0.491 e. The molecule has 0 saturated carbocycles. The Morgan fingerprint density at radius 1 is 1.28 bits per heavy atom. The molecule has 3 rings (SSSR count). The van der Waals surface area contributed by atoms with Crippen molar-refractivity contribution < 1.29 is 19.1 Å². The van der Waals surface area contributed by atoms with Crippen molar-refractivity contribution in [2.45, 2.75) is 46.1 Å². The summed E-state index contributed by atoms with van der Waals surface area (Å²) in [4.78, 5) is 30.6. The number of hydrogen-bond donors (Lipinski definition) is 0. The van der Waals surface area contributed by atoms with Crippen LogP contribution in [0.4, 0.5) is 0 Å². The second-order valence-electron chi connectivity index (χ2n) is 7.96. The zero-order valence-corrected chi connectivity index (χ0v) is 19.0. The molecule has 1 saturated heterocycles. The average Bonchev–Trinajstić information content (AvgIpc) is 2.80. The molecule has 1 aliphatic rings. The van der Waals surface area contributed by atoms with Crippen LogP contribution in [0.3, 0.4) is 0 Å². The molecule has 1 aromatic carbocycles. The number of hydrogen-bond acceptors (Lipinski definition) is 5. The Bertz CT molecular complexity index is 1020. The molecule has 168 valence electrons. The third-order valence-electron chi connectivity index (χ3n) is 5.31. The summed E-state index contributed by atoms with van der Waals surface area (Å²) in [5, 5.41) is 0. The van der Waals surface area contributed by atoms with Crippen molar-refractivity contribution in [2.24, 2.45) is 0 Å². The van der Waals surface area contributed by atoms with Crippen molar-refractivity contribution in [3.63, 3.8) is 0 Å². The van der Waals surface area contributed by atoms with E-state index in [1.165, 1.54) is 0 Å². The third kappa shape index (κ3) is 6.41. The first-order chi connectivity index (χ1) is 15.5. The summed E-state index contributed by atoms with van der Waals surface area (Å²) >= 11 is 0. The van der Waals surface area contributed by atoms with Gasteiger partial charge in [-0.3, -0.25) is 14.6 Å². The standard InChI is InChI=1S/C26H30N2O4/c1-4-5-6-7-8-21-14-22(16-27-15-21)26(30)28-11-12-31-24(17-28)18-32-23-9-10-25(20(3)29)19(2)13-23/h9-10,13-16,24H,4-6,11-12,17-18H2,1-3H3. The fourth-order valence-corrected chi connectivity index (χ4v) is 3.55. The van der Waals surface area contributed by atoms with Crippen LogP contribution in [0.15, 0.2) is 36.7 Å². The van der Waals surface area contributed by atoms with Crippen LogP contribution in [0.25, 0.3) is 0 Å². The van der Waals surface area contributed by atoms with E-state index in [1.54, 1.807) is 42.4 Å². The topological polar surface area (TPSA) is 68.7 Å². The minimum absolute atomic E-state index is 0.0318. The van der Waals surface area contributed by atoms with Crippen molar-refractivity contribution in [3.8, 4) is 17.6 Å². The van der Waals surface area contributed by atoms with Crippen LogP contribution in [0, 0.1) is 18.8 Å². The normalized spacial score (nSPS) is 15.6. The maximum Gasteiger partial charge on any atom is 0.255 e. The maximum absolute atomic E-state index is 13.0. The van der Waals surface area contributed by atoms with Crippen molar-refractivity contribution in [2.75, 3.05) is 26.3 Å². The van der Waals surface area contributed by atoms with Gasteiger partial charge in [0.05, 0.1) is 18.7 Å². The largest absolute Gasteiger partial charge is 0.491 e. The van der Waals surface area contributed by atoms with E-state index in [0.29, 0.717) is 43.2 Å². The summed E-state index contributed by atoms with van der Waals surface area (Å²) in [5.74, 6) is 6.85. The van der Waals surface area contributed by atoms with Crippen molar-refractivity contribution >= 4 is 11.7 Å². The summed E-state index contributed by atoms with van der Waals surface area (Å²) < 4.78 is 11.7. The molecule has 1 fully saturated rings. The quantitative estimate of drug-likeness (QED) is 0.374. The summed E-state index contributed by atoms with van der Waals surface area (Å²) in [6.45, 7) is 7.31. The first-order valence-corrected chi connectivity index (χ1v) is 11.1. The Hall–Kier alpha value is -3.17. The number of carbonyl (C=O) groups is 2. The van der Waals surface area contributed by atoms with Crippen LogP contribution in [-0.2, 0) is 4.74 Å². The molecule has 6 nitrogen and oxygen atoms in total. The zero-order valence-electron chi connectivity index (χ0n) is 19.0. The maximum atomic E-state index is 13.0. The van der Waals surface area contributed by atoms with E-state index in [0.717, 1.165) is 30.4 Å². The number of amides is 1. The second-order valence-corrected chi connectivity index (χ2v) is 7.96. The Morgan fingerprint density at radius 3 is 2.88 bits per heavy atom. The number of rotatable bonds is 7. The van der Waals surface area contributed by atoms with E-state index >= 15 is 0 Å². The highest BCUT2D eigenvalue weighted by molar-refractivity contribution is 5.95.